The van der Waals surface area contributed by atoms with Gasteiger partial charge in [-0.3, -0.25) is 14.9 Å². The van der Waals surface area contributed by atoms with Crippen molar-refractivity contribution in [3.63, 3.8) is 0 Å². The molecule has 2 aromatic rings. The lowest BCUT2D eigenvalue weighted by Crippen LogP contribution is -2.50. The molecule has 2 fully saturated rings. The highest BCUT2D eigenvalue weighted by Gasteiger charge is 2.39. The van der Waals surface area contributed by atoms with Gasteiger partial charge >= 0.3 is 0 Å². The predicted molar refractivity (Wildman–Crippen MR) is 96.2 cm³/mol. The first-order chi connectivity index (χ1) is 12.3. The molecule has 0 aromatic carbocycles. The zero-order chi connectivity index (χ0) is 17.0. The summed E-state index contributed by atoms with van der Waals surface area (Å²) in [5.74, 6) is 0.957. The van der Waals surface area contributed by atoms with Crippen LogP contribution in [-0.2, 0) is 11.3 Å². The fraction of sp³-hybridized carbons (Fsp3) is 0.526. The number of hydrogen-bond donors (Lipinski definition) is 0. The van der Waals surface area contributed by atoms with Gasteiger partial charge in [0.1, 0.15) is 5.82 Å². The second-order valence-corrected chi connectivity index (χ2v) is 7.21. The summed E-state index contributed by atoms with van der Waals surface area (Å²) in [5.41, 5.74) is 1.49. The molecule has 0 N–H and O–H groups in total. The molecule has 4 heterocycles. The Labute approximate surface area is 148 Å². The molecule has 0 saturated carbocycles. The van der Waals surface area contributed by atoms with E-state index < -0.39 is 0 Å². The van der Waals surface area contributed by atoms with Crippen molar-refractivity contribution in [1.82, 2.24) is 19.9 Å². The van der Waals surface area contributed by atoms with Gasteiger partial charge in [-0.15, -0.1) is 0 Å². The second kappa shape index (κ2) is 7.45. The first-order valence-corrected chi connectivity index (χ1v) is 9.03. The lowest BCUT2D eigenvalue weighted by molar-refractivity contribution is 0.0106. The monoisotopic (exact) mass is 339 g/mol. The summed E-state index contributed by atoms with van der Waals surface area (Å²) in [6.45, 7) is 6.64. The molecule has 1 unspecified atom stereocenters. The average Bonchev–Trinajstić information content (AvgIpc) is 2.86. The third-order valence-corrected chi connectivity index (χ3v) is 5.21. The fourth-order valence-corrected chi connectivity index (χ4v) is 4.08. The number of hydrogen-bond acceptors (Lipinski definition) is 6. The molecule has 0 radical (unpaired) electrons. The summed E-state index contributed by atoms with van der Waals surface area (Å²) in [7, 11) is 0. The Morgan fingerprint density at radius 1 is 1.04 bits per heavy atom. The Bertz CT molecular complexity index is 668. The van der Waals surface area contributed by atoms with Crippen molar-refractivity contribution < 1.29 is 4.74 Å². The third-order valence-electron chi connectivity index (χ3n) is 5.21. The van der Waals surface area contributed by atoms with Crippen LogP contribution in [0.2, 0.25) is 0 Å². The minimum atomic E-state index is 0.166. The van der Waals surface area contributed by atoms with Gasteiger partial charge < -0.3 is 9.64 Å². The summed E-state index contributed by atoms with van der Waals surface area (Å²) in [4.78, 5) is 17.8. The number of anilines is 1. The van der Waals surface area contributed by atoms with Gasteiger partial charge in [0.05, 0.1) is 19.4 Å². The van der Waals surface area contributed by atoms with Crippen molar-refractivity contribution in [1.29, 1.82) is 0 Å². The predicted octanol–water partition coefficient (Wildman–Crippen LogP) is 1.99. The standard InChI is InChI=1S/C19H25N5O/c1-4-19(14-23(9-1)13-17-2-5-20-6-3-17)15-24(10-11-25-16-19)18-12-21-7-8-22-18/h2-3,5-8,12H,1,4,9-11,13-16H2. The van der Waals surface area contributed by atoms with Crippen molar-refractivity contribution in [2.45, 2.75) is 19.4 Å². The van der Waals surface area contributed by atoms with Crippen LogP contribution in [-0.4, -0.2) is 59.2 Å². The van der Waals surface area contributed by atoms with Crippen LogP contribution in [0.15, 0.2) is 43.1 Å². The van der Waals surface area contributed by atoms with Crippen molar-refractivity contribution in [3.05, 3.63) is 48.7 Å². The van der Waals surface area contributed by atoms with Gasteiger partial charge in [0.25, 0.3) is 0 Å². The SMILES string of the molecule is c1cc(CN2CCCC3(COCCN(c4cnccn4)C3)C2)ccn1. The summed E-state index contributed by atoms with van der Waals surface area (Å²) in [6.07, 6.45) is 11.5. The molecule has 0 aliphatic carbocycles. The highest BCUT2D eigenvalue weighted by molar-refractivity contribution is 5.36. The molecule has 25 heavy (non-hydrogen) atoms. The maximum absolute atomic E-state index is 6.01. The van der Waals surface area contributed by atoms with Crippen LogP contribution in [0.5, 0.6) is 0 Å². The summed E-state index contributed by atoms with van der Waals surface area (Å²) in [5, 5.41) is 0. The maximum atomic E-state index is 6.01. The van der Waals surface area contributed by atoms with Gasteiger partial charge in [-0.05, 0) is 37.1 Å². The number of ether oxygens (including phenoxy) is 1. The van der Waals surface area contributed by atoms with E-state index in [2.05, 4.69) is 36.9 Å². The Kier molecular flexibility index (Phi) is 4.90. The highest BCUT2D eigenvalue weighted by Crippen LogP contribution is 2.34. The van der Waals surface area contributed by atoms with E-state index in [-0.39, 0.29) is 5.41 Å². The Balaban J connectivity index is 1.49. The van der Waals surface area contributed by atoms with E-state index in [4.69, 9.17) is 4.74 Å². The molecule has 132 valence electrons. The smallest absolute Gasteiger partial charge is 0.147 e. The van der Waals surface area contributed by atoms with Crippen molar-refractivity contribution in [2.24, 2.45) is 5.41 Å². The molecule has 2 aliphatic heterocycles. The van der Waals surface area contributed by atoms with Gasteiger partial charge in [0, 0.05) is 56.4 Å². The normalized spacial score (nSPS) is 25.0. The van der Waals surface area contributed by atoms with Gasteiger partial charge in [-0.2, -0.15) is 0 Å². The Morgan fingerprint density at radius 2 is 1.96 bits per heavy atom. The van der Waals surface area contributed by atoms with Crippen LogP contribution in [0.1, 0.15) is 18.4 Å². The van der Waals surface area contributed by atoms with E-state index in [1.165, 1.54) is 18.4 Å². The molecule has 2 aliphatic rings. The quantitative estimate of drug-likeness (QED) is 0.852. The first-order valence-electron chi connectivity index (χ1n) is 9.03. The molecule has 0 amide bonds. The van der Waals surface area contributed by atoms with Crippen molar-refractivity contribution in [2.75, 3.05) is 44.3 Å². The van der Waals surface area contributed by atoms with E-state index in [0.29, 0.717) is 0 Å². The van der Waals surface area contributed by atoms with Gasteiger partial charge in [0.2, 0.25) is 0 Å². The molecular formula is C19H25N5O. The van der Waals surface area contributed by atoms with E-state index in [0.717, 1.165) is 51.8 Å². The van der Waals surface area contributed by atoms with Crippen LogP contribution in [0, 0.1) is 5.41 Å². The number of aromatic nitrogens is 3. The number of piperidine rings is 1. The molecule has 6 nitrogen and oxygen atoms in total. The topological polar surface area (TPSA) is 54.4 Å². The lowest BCUT2D eigenvalue weighted by atomic mass is 9.80. The van der Waals surface area contributed by atoms with Crippen LogP contribution in [0.25, 0.3) is 0 Å². The molecule has 0 bridgehead atoms. The van der Waals surface area contributed by atoms with Gasteiger partial charge in [-0.25, -0.2) is 4.98 Å². The van der Waals surface area contributed by atoms with Crippen molar-refractivity contribution in [3.8, 4) is 0 Å². The summed E-state index contributed by atoms with van der Waals surface area (Å²) < 4.78 is 6.01. The number of nitrogens with zero attached hydrogens (tertiary/aromatic N) is 5. The fourth-order valence-electron chi connectivity index (χ4n) is 4.08. The molecular weight excluding hydrogens is 314 g/mol. The van der Waals surface area contributed by atoms with E-state index in [9.17, 15) is 0 Å². The molecule has 4 rings (SSSR count). The van der Waals surface area contributed by atoms with E-state index >= 15 is 0 Å². The Hall–Kier alpha value is -2.05. The largest absolute Gasteiger partial charge is 0.379 e. The summed E-state index contributed by atoms with van der Waals surface area (Å²) >= 11 is 0. The van der Waals surface area contributed by atoms with Crippen molar-refractivity contribution >= 4 is 5.82 Å². The van der Waals surface area contributed by atoms with E-state index in [1.807, 2.05) is 18.6 Å². The molecule has 2 aromatic heterocycles. The second-order valence-electron chi connectivity index (χ2n) is 7.21. The number of likely N-dealkylation sites (tertiary alicyclic amines) is 1. The zero-order valence-electron chi connectivity index (χ0n) is 14.5. The minimum Gasteiger partial charge on any atom is -0.379 e. The minimum absolute atomic E-state index is 0.166. The van der Waals surface area contributed by atoms with E-state index in [1.54, 1.807) is 12.4 Å². The Morgan fingerprint density at radius 3 is 2.80 bits per heavy atom. The molecule has 1 spiro atoms. The molecule has 1 atom stereocenters. The summed E-state index contributed by atoms with van der Waals surface area (Å²) in [6, 6.07) is 4.22. The number of rotatable bonds is 3. The van der Waals surface area contributed by atoms with Gasteiger partial charge in [0.15, 0.2) is 0 Å². The zero-order valence-corrected chi connectivity index (χ0v) is 14.5. The maximum Gasteiger partial charge on any atom is 0.147 e. The number of pyridine rings is 1. The highest BCUT2D eigenvalue weighted by atomic mass is 16.5. The third kappa shape index (κ3) is 3.96. The van der Waals surface area contributed by atoms with Gasteiger partial charge in [-0.1, -0.05) is 0 Å². The first kappa shape index (κ1) is 16.4. The molecule has 6 heteroatoms. The van der Waals surface area contributed by atoms with Crippen LogP contribution in [0.3, 0.4) is 0 Å². The average molecular weight is 339 g/mol. The lowest BCUT2D eigenvalue weighted by Gasteiger charge is -2.43. The van der Waals surface area contributed by atoms with Crippen LogP contribution in [0.4, 0.5) is 5.82 Å². The molecule has 2 saturated heterocycles. The van der Waals surface area contributed by atoms with Crippen LogP contribution >= 0.6 is 0 Å². The van der Waals surface area contributed by atoms with Crippen LogP contribution < -0.4 is 4.90 Å².